The number of rotatable bonds is 6. The summed E-state index contributed by atoms with van der Waals surface area (Å²) < 4.78 is 19.8. The van der Waals surface area contributed by atoms with Gasteiger partial charge in [-0.2, -0.15) is 5.10 Å². The van der Waals surface area contributed by atoms with Gasteiger partial charge in [-0.15, -0.1) is 5.10 Å². The normalized spacial score (nSPS) is 10.6. The second-order valence-corrected chi connectivity index (χ2v) is 5.69. The number of nitrogens with zero attached hydrogens (tertiary/aromatic N) is 4. The number of hydrogen-bond acceptors (Lipinski definition) is 6. The van der Waals surface area contributed by atoms with Crippen LogP contribution in [0.25, 0.3) is 0 Å². The SMILES string of the molecule is COc1n[nH]c(C(=O)Nc2nn(Cc3ccccc3F)cc2Cl)c1[N+](=O)[O-]. The van der Waals surface area contributed by atoms with Gasteiger partial charge in [0.05, 0.1) is 18.6 Å². The number of ether oxygens (including phenoxy) is 1. The number of hydrogen-bond donors (Lipinski definition) is 2. The van der Waals surface area contributed by atoms with Crippen molar-refractivity contribution < 1.29 is 18.8 Å². The summed E-state index contributed by atoms with van der Waals surface area (Å²) in [5.74, 6) is -1.66. The number of H-pyrrole nitrogens is 1. The molecule has 2 N–H and O–H groups in total. The number of aromatic nitrogens is 4. The van der Waals surface area contributed by atoms with E-state index in [9.17, 15) is 19.3 Å². The molecule has 27 heavy (non-hydrogen) atoms. The van der Waals surface area contributed by atoms with E-state index >= 15 is 0 Å². The molecule has 3 aromatic rings. The van der Waals surface area contributed by atoms with Gasteiger partial charge < -0.3 is 10.1 Å². The first kappa shape index (κ1) is 18.3. The molecule has 2 heterocycles. The third-order valence-electron chi connectivity index (χ3n) is 3.55. The smallest absolute Gasteiger partial charge is 0.362 e. The molecule has 3 rings (SSSR count). The molecule has 0 saturated heterocycles. The monoisotopic (exact) mass is 394 g/mol. The zero-order valence-electron chi connectivity index (χ0n) is 13.8. The highest BCUT2D eigenvalue weighted by Crippen LogP contribution is 2.29. The van der Waals surface area contributed by atoms with Crippen molar-refractivity contribution in [1.82, 2.24) is 20.0 Å². The lowest BCUT2D eigenvalue weighted by Crippen LogP contribution is -2.15. The van der Waals surface area contributed by atoms with E-state index in [4.69, 9.17) is 16.3 Å². The maximum absolute atomic E-state index is 13.7. The van der Waals surface area contributed by atoms with Gasteiger partial charge in [-0.05, 0) is 6.07 Å². The van der Waals surface area contributed by atoms with Crippen molar-refractivity contribution >= 4 is 29.0 Å². The lowest BCUT2D eigenvalue weighted by Gasteiger charge is -2.03. The molecule has 140 valence electrons. The molecule has 1 amide bonds. The molecule has 2 aromatic heterocycles. The van der Waals surface area contributed by atoms with Gasteiger partial charge in [0.25, 0.3) is 5.91 Å². The molecule has 0 aliphatic carbocycles. The summed E-state index contributed by atoms with van der Waals surface area (Å²) in [6, 6.07) is 6.14. The van der Waals surface area contributed by atoms with Crippen LogP contribution in [0.2, 0.25) is 5.02 Å². The lowest BCUT2D eigenvalue weighted by molar-refractivity contribution is -0.386. The second kappa shape index (κ2) is 7.41. The van der Waals surface area contributed by atoms with Crippen LogP contribution in [0.5, 0.6) is 5.88 Å². The highest BCUT2D eigenvalue weighted by molar-refractivity contribution is 6.33. The Labute approximate surface area is 156 Å². The molecule has 0 saturated carbocycles. The topological polar surface area (TPSA) is 128 Å². The first-order valence-corrected chi connectivity index (χ1v) is 7.83. The summed E-state index contributed by atoms with van der Waals surface area (Å²) in [6.07, 6.45) is 1.39. The highest BCUT2D eigenvalue weighted by atomic mass is 35.5. The Kier molecular flexibility index (Phi) is 5.03. The van der Waals surface area contributed by atoms with Crippen LogP contribution in [0.15, 0.2) is 30.5 Å². The zero-order chi connectivity index (χ0) is 19.6. The average Bonchev–Trinajstić information content (AvgIpc) is 3.20. The molecule has 12 heteroatoms. The third-order valence-corrected chi connectivity index (χ3v) is 3.83. The number of anilines is 1. The molecular weight excluding hydrogens is 383 g/mol. The van der Waals surface area contributed by atoms with Gasteiger partial charge in [0.2, 0.25) is 5.69 Å². The van der Waals surface area contributed by atoms with Crippen molar-refractivity contribution in [3.63, 3.8) is 0 Å². The lowest BCUT2D eigenvalue weighted by atomic mass is 10.2. The minimum absolute atomic E-state index is 0.0409. The summed E-state index contributed by atoms with van der Waals surface area (Å²) in [6.45, 7) is 0.0836. The van der Waals surface area contributed by atoms with E-state index in [2.05, 4.69) is 20.6 Å². The van der Waals surface area contributed by atoms with E-state index < -0.39 is 28.0 Å². The minimum Gasteiger partial charge on any atom is -0.475 e. The molecule has 0 radical (unpaired) electrons. The summed E-state index contributed by atoms with van der Waals surface area (Å²) in [5, 5.41) is 23.4. The molecule has 10 nitrogen and oxygen atoms in total. The number of carbonyl (C=O) groups is 1. The molecule has 0 fully saturated rings. The Morgan fingerprint density at radius 1 is 1.48 bits per heavy atom. The van der Waals surface area contributed by atoms with Crippen LogP contribution in [0.3, 0.4) is 0 Å². The molecule has 0 aliphatic heterocycles. The number of halogens is 2. The van der Waals surface area contributed by atoms with Gasteiger partial charge in [0.15, 0.2) is 5.82 Å². The van der Waals surface area contributed by atoms with Gasteiger partial charge in [0.1, 0.15) is 10.8 Å². The predicted octanol–water partition coefficient (Wildman–Crippen LogP) is 2.62. The number of methoxy groups -OCH3 is 1. The highest BCUT2D eigenvalue weighted by Gasteiger charge is 2.30. The van der Waals surface area contributed by atoms with Crippen molar-refractivity contribution in [2.24, 2.45) is 0 Å². The van der Waals surface area contributed by atoms with Crippen LogP contribution in [0.4, 0.5) is 15.9 Å². The Bertz CT molecular complexity index is 1020. The van der Waals surface area contributed by atoms with E-state index in [0.29, 0.717) is 5.56 Å². The molecule has 0 aliphatic rings. The first-order chi connectivity index (χ1) is 12.9. The molecular formula is C15H12ClFN6O4. The Hall–Kier alpha value is -3.47. The summed E-state index contributed by atoms with van der Waals surface area (Å²) in [7, 11) is 1.19. The number of amides is 1. The van der Waals surface area contributed by atoms with Crippen LogP contribution in [-0.2, 0) is 6.54 Å². The third kappa shape index (κ3) is 3.72. The Morgan fingerprint density at radius 3 is 2.89 bits per heavy atom. The first-order valence-electron chi connectivity index (χ1n) is 7.45. The van der Waals surface area contributed by atoms with E-state index in [1.165, 1.54) is 24.1 Å². The number of nitrogens with one attached hydrogen (secondary N) is 2. The largest absolute Gasteiger partial charge is 0.475 e. The van der Waals surface area contributed by atoms with Crippen molar-refractivity contribution in [1.29, 1.82) is 0 Å². The fraction of sp³-hybridized carbons (Fsp3) is 0.133. The second-order valence-electron chi connectivity index (χ2n) is 5.28. The molecule has 1 aromatic carbocycles. The van der Waals surface area contributed by atoms with Crippen LogP contribution in [0, 0.1) is 15.9 Å². The summed E-state index contributed by atoms with van der Waals surface area (Å²) >= 11 is 6.04. The fourth-order valence-electron chi connectivity index (χ4n) is 2.32. The van der Waals surface area contributed by atoms with Gasteiger partial charge in [-0.25, -0.2) is 4.39 Å². The van der Waals surface area contributed by atoms with Crippen LogP contribution in [0.1, 0.15) is 16.1 Å². The number of nitro groups is 1. The van der Waals surface area contributed by atoms with Gasteiger partial charge in [0, 0.05) is 11.8 Å². The van der Waals surface area contributed by atoms with E-state index in [1.54, 1.807) is 18.2 Å². The number of benzene rings is 1. The van der Waals surface area contributed by atoms with E-state index in [1.807, 2.05) is 0 Å². The maximum atomic E-state index is 13.7. The number of aromatic amines is 1. The summed E-state index contributed by atoms with van der Waals surface area (Å²) in [5.41, 5.74) is -0.656. The summed E-state index contributed by atoms with van der Waals surface area (Å²) in [4.78, 5) is 22.7. The molecule has 0 spiro atoms. The Balaban J connectivity index is 1.82. The average molecular weight is 395 g/mol. The molecule has 0 bridgehead atoms. The van der Waals surface area contributed by atoms with Crippen LogP contribution < -0.4 is 10.1 Å². The fourth-order valence-corrected chi connectivity index (χ4v) is 2.52. The Morgan fingerprint density at radius 2 is 2.22 bits per heavy atom. The quantitative estimate of drug-likeness (QED) is 0.488. The molecule has 0 unspecified atom stereocenters. The predicted molar refractivity (Wildman–Crippen MR) is 92.5 cm³/mol. The number of carbonyl (C=O) groups excluding carboxylic acids is 1. The van der Waals surface area contributed by atoms with Gasteiger partial charge in [-0.3, -0.25) is 24.7 Å². The van der Waals surface area contributed by atoms with Crippen molar-refractivity contribution in [2.45, 2.75) is 6.54 Å². The van der Waals surface area contributed by atoms with Crippen molar-refractivity contribution in [2.75, 3.05) is 12.4 Å². The standard InChI is InChI=1S/C15H12ClFN6O4/c1-27-15-12(23(25)26)11(19-20-15)14(24)18-13-9(16)7-22(21-13)6-8-4-2-3-5-10(8)17/h2-5,7H,6H2,1H3,(H,19,20)(H,18,21,24). The zero-order valence-corrected chi connectivity index (χ0v) is 14.5. The van der Waals surface area contributed by atoms with Crippen molar-refractivity contribution in [3.8, 4) is 5.88 Å². The van der Waals surface area contributed by atoms with Crippen LogP contribution in [-0.4, -0.2) is 37.9 Å². The van der Waals surface area contributed by atoms with Gasteiger partial charge in [-0.1, -0.05) is 29.8 Å². The molecule has 0 atom stereocenters. The van der Waals surface area contributed by atoms with Crippen molar-refractivity contribution in [3.05, 3.63) is 62.7 Å². The van der Waals surface area contributed by atoms with E-state index in [0.717, 1.165) is 0 Å². The van der Waals surface area contributed by atoms with Crippen LogP contribution >= 0.6 is 11.6 Å². The van der Waals surface area contributed by atoms with Gasteiger partial charge >= 0.3 is 11.6 Å². The van der Waals surface area contributed by atoms with E-state index in [-0.39, 0.29) is 23.3 Å². The maximum Gasteiger partial charge on any atom is 0.362 e. The minimum atomic E-state index is -0.879.